The summed E-state index contributed by atoms with van der Waals surface area (Å²) >= 11 is 5.51. The van der Waals surface area contributed by atoms with Gasteiger partial charge < -0.3 is 4.90 Å². The van der Waals surface area contributed by atoms with E-state index in [2.05, 4.69) is 50.9 Å². The summed E-state index contributed by atoms with van der Waals surface area (Å²) in [6.07, 6.45) is 0. The van der Waals surface area contributed by atoms with E-state index in [9.17, 15) is 0 Å². The second kappa shape index (κ2) is 4.08. The molecule has 1 saturated heterocycles. The predicted molar refractivity (Wildman–Crippen MR) is 73.1 cm³/mol. The third-order valence-electron chi connectivity index (χ3n) is 3.18. The van der Waals surface area contributed by atoms with Gasteiger partial charge in [0.05, 0.1) is 11.8 Å². The molecule has 4 heteroatoms. The highest BCUT2D eigenvalue weighted by molar-refractivity contribution is 9.10. The van der Waals surface area contributed by atoms with Crippen molar-refractivity contribution in [2.75, 3.05) is 19.6 Å². The van der Waals surface area contributed by atoms with Gasteiger partial charge >= 0.3 is 0 Å². The van der Waals surface area contributed by atoms with E-state index in [1.165, 1.54) is 20.8 Å². The molecule has 0 amide bonds. The zero-order chi connectivity index (χ0) is 11.1. The van der Waals surface area contributed by atoms with Crippen LogP contribution in [0.15, 0.2) is 27.7 Å². The molecule has 16 heavy (non-hydrogen) atoms. The van der Waals surface area contributed by atoms with Crippen LogP contribution in [0, 0.1) is 6.92 Å². The number of thioether (sulfide) groups is 1. The minimum atomic E-state index is 0.552. The summed E-state index contributed by atoms with van der Waals surface area (Å²) in [5, 5.41) is 1.79. The van der Waals surface area contributed by atoms with Gasteiger partial charge in [-0.05, 0) is 24.1 Å². The van der Waals surface area contributed by atoms with Gasteiger partial charge in [0.1, 0.15) is 0 Å². The van der Waals surface area contributed by atoms with Gasteiger partial charge in [-0.1, -0.05) is 39.8 Å². The van der Waals surface area contributed by atoms with Crippen LogP contribution in [0.2, 0.25) is 0 Å². The van der Waals surface area contributed by atoms with Gasteiger partial charge in [-0.3, -0.25) is 4.99 Å². The fraction of sp³-hybridized carbons (Fsp3) is 0.417. The summed E-state index contributed by atoms with van der Waals surface area (Å²) in [6, 6.07) is 6.47. The van der Waals surface area contributed by atoms with Crippen LogP contribution in [0.3, 0.4) is 0 Å². The van der Waals surface area contributed by atoms with E-state index >= 15 is 0 Å². The van der Waals surface area contributed by atoms with E-state index in [1.807, 2.05) is 11.8 Å². The van der Waals surface area contributed by atoms with Crippen LogP contribution in [-0.2, 0) is 0 Å². The number of aliphatic imine (C=N–C) groups is 1. The Morgan fingerprint density at radius 3 is 3.19 bits per heavy atom. The van der Waals surface area contributed by atoms with E-state index in [0.29, 0.717) is 5.25 Å². The normalized spacial score (nSPS) is 23.5. The molecule has 1 atom stereocenters. The summed E-state index contributed by atoms with van der Waals surface area (Å²) in [6.45, 7) is 5.38. The van der Waals surface area contributed by atoms with Crippen molar-refractivity contribution < 1.29 is 0 Å². The monoisotopic (exact) mass is 296 g/mol. The van der Waals surface area contributed by atoms with Crippen LogP contribution < -0.4 is 0 Å². The molecule has 0 spiro atoms. The molecule has 0 N–H and O–H groups in total. The molecular formula is C12H13BrN2S. The molecule has 2 aliphatic rings. The highest BCUT2D eigenvalue weighted by atomic mass is 79.9. The third kappa shape index (κ3) is 1.68. The summed E-state index contributed by atoms with van der Waals surface area (Å²) in [7, 11) is 0. The topological polar surface area (TPSA) is 15.6 Å². The molecule has 1 fully saturated rings. The molecule has 1 aromatic carbocycles. The first-order valence-corrected chi connectivity index (χ1v) is 7.14. The van der Waals surface area contributed by atoms with Crippen molar-refractivity contribution >= 4 is 32.9 Å². The van der Waals surface area contributed by atoms with Crippen molar-refractivity contribution in [2.45, 2.75) is 12.2 Å². The fourth-order valence-corrected chi connectivity index (χ4v) is 4.00. The van der Waals surface area contributed by atoms with Gasteiger partial charge in [-0.2, -0.15) is 0 Å². The minimum absolute atomic E-state index is 0.552. The number of amidine groups is 1. The van der Waals surface area contributed by atoms with E-state index in [0.717, 1.165) is 19.6 Å². The number of rotatable bonds is 1. The van der Waals surface area contributed by atoms with Crippen molar-refractivity contribution in [3.05, 3.63) is 33.8 Å². The number of hydrogen-bond acceptors (Lipinski definition) is 3. The highest BCUT2D eigenvalue weighted by Crippen LogP contribution is 2.41. The fourth-order valence-electron chi connectivity index (χ4n) is 2.24. The van der Waals surface area contributed by atoms with Crippen LogP contribution in [0.1, 0.15) is 16.4 Å². The molecular weight excluding hydrogens is 284 g/mol. The molecule has 0 saturated carbocycles. The van der Waals surface area contributed by atoms with Gasteiger partial charge in [0.15, 0.2) is 5.17 Å². The first-order valence-electron chi connectivity index (χ1n) is 5.47. The van der Waals surface area contributed by atoms with Crippen LogP contribution in [0.25, 0.3) is 0 Å². The summed E-state index contributed by atoms with van der Waals surface area (Å²) in [4.78, 5) is 6.92. The second-order valence-electron chi connectivity index (χ2n) is 4.17. The quantitative estimate of drug-likeness (QED) is 0.791. The van der Waals surface area contributed by atoms with Crippen LogP contribution in [0.5, 0.6) is 0 Å². The summed E-state index contributed by atoms with van der Waals surface area (Å²) < 4.78 is 1.21. The molecule has 2 nitrogen and oxygen atoms in total. The molecule has 0 radical (unpaired) electrons. The lowest BCUT2D eigenvalue weighted by Gasteiger charge is -2.14. The average molecular weight is 297 g/mol. The second-order valence-corrected chi connectivity index (χ2v) is 6.20. The van der Waals surface area contributed by atoms with Crippen molar-refractivity contribution in [3.8, 4) is 0 Å². The first kappa shape index (κ1) is 10.7. The van der Waals surface area contributed by atoms with Crippen molar-refractivity contribution in [3.63, 3.8) is 0 Å². The predicted octanol–water partition coefficient (Wildman–Crippen LogP) is 3.22. The zero-order valence-electron chi connectivity index (χ0n) is 9.11. The molecule has 0 bridgehead atoms. The van der Waals surface area contributed by atoms with Crippen molar-refractivity contribution in [2.24, 2.45) is 4.99 Å². The number of halogens is 1. The SMILES string of the molecule is Cc1c(Br)cccc1C1CN2CCN=C2S1. The Balaban J connectivity index is 1.91. The standard InChI is InChI=1S/C12H13BrN2S/c1-8-9(3-2-4-10(8)13)11-7-15-6-5-14-12(15)16-11/h2-4,11H,5-7H2,1H3. The Labute approximate surface area is 108 Å². The molecule has 2 aliphatic heterocycles. The minimum Gasteiger partial charge on any atom is -0.348 e. The van der Waals surface area contributed by atoms with Gasteiger partial charge in [0.25, 0.3) is 0 Å². The Bertz CT molecular complexity index is 458. The number of nitrogens with zero attached hydrogens (tertiary/aromatic N) is 2. The van der Waals surface area contributed by atoms with E-state index in [-0.39, 0.29) is 0 Å². The van der Waals surface area contributed by atoms with Gasteiger partial charge in [0.2, 0.25) is 0 Å². The lowest BCUT2D eigenvalue weighted by Crippen LogP contribution is -2.21. The Hall–Kier alpha value is -0.480. The molecule has 84 valence electrons. The zero-order valence-corrected chi connectivity index (χ0v) is 11.5. The maximum absolute atomic E-state index is 4.52. The molecule has 3 rings (SSSR count). The lowest BCUT2D eigenvalue weighted by molar-refractivity contribution is 0.476. The van der Waals surface area contributed by atoms with Crippen LogP contribution in [0.4, 0.5) is 0 Å². The summed E-state index contributed by atoms with van der Waals surface area (Å²) in [5.41, 5.74) is 2.80. The summed E-state index contributed by atoms with van der Waals surface area (Å²) in [5.74, 6) is 0. The van der Waals surface area contributed by atoms with Gasteiger partial charge in [-0.15, -0.1) is 0 Å². The van der Waals surface area contributed by atoms with Crippen molar-refractivity contribution in [1.29, 1.82) is 0 Å². The number of benzene rings is 1. The largest absolute Gasteiger partial charge is 0.348 e. The Morgan fingerprint density at radius 2 is 2.38 bits per heavy atom. The lowest BCUT2D eigenvalue weighted by atomic mass is 10.1. The maximum Gasteiger partial charge on any atom is 0.160 e. The number of fused-ring (bicyclic) bond motifs is 1. The smallest absolute Gasteiger partial charge is 0.160 e. The van der Waals surface area contributed by atoms with Crippen molar-refractivity contribution in [1.82, 2.24) is 4.90 Å². The Kier molecular flexibility index (Phi) is 2.72. The van der Waals surface area contributed by atoms with E-state index < -0.39 is 0 Å². The molecule has 1 aromatic rings. The highest BCUT2D eigenvalue weighted by Gasteiger charge is 2.32. The molecule has 1 unspecified atom stereocenters. The first-order chi connectivity index (χ1) is 7.75. The molecule has 0 aromatic heterocycles. The third-order valence-corrected chi connectivity index (χ3v) is 5.32. The Morgan fingerprint density at radius 1 is 1.50 bits per heavy atom. The number of hydrogen-bond donors (Lipinski definition) is 0. The molecule has 0 aliphatic carbocycles. The van der Waals surface area contributed by atoms with Gasteiger partial charge in [-0.25, -0.2) is 0 Å². The van der Waals surface area contributed by atoms with E-state index in [4.69, 9.17) is 0 Å². The van der Waals surface area contributed by atoms with E-state index in [1.54, 1.807) is 0 Å². The molecule has 2 heterocycles. The van der Waals surface area contributed by atoms with Crippen LogP contribution >= 0.6 is 27.7 Å². The van der Waals surface area contributed by atoms with Gasteiger partial charge in [0, 0.05) is 17.6 Å². The van der Waals surface area contributed by atoms with Crippen LogP contribution in [-0.4, -0.2) is 29.7 Å². The maximum atomic E-state index is 4.52. The average Bonchev–Trinajstić information content (AvgIpc) is 2.81.